The van der Waals surface area contributed by atoms with Gasteiger partial charge < -0.3 is 10.1 Å². The number of benzene rings is 1. The van der Waals surface area contributed by atoms with Crippen LogP contribution in [-0.4, -0.2) is 17.0 Å². The number of hydrogen-bond donors (Lipinski definition) is 1. The van der Waals surface area contributed by atoms with E-state index < -0.39 is 6.10 Å². The van der Waals surface area contributed by atoms with Crippen LogP contribution in [0.2, 0.25) is 0 Å². The first-order valence-electron chi connectivity index (χ1n) is 6.15. The van der Waals surface area contributed by atoms with E-state index in [9.17, 15) is 9.18 Å². The van der Waals surface area contributed by atoms with Crippen molar-refractivity contribution in [2.24, 2.45) is 0 Å². The topological polar surface area (TPSA) is 51.2 Å². The molecule has 20 heavy (non-hydrogen) atoms. The molecule has 0 aliphatic rings. The molecule has 0 radical (unpaired) electrons. The van der Waals surface area contributed by atoms with Crippen molar-refractivity contribution in [3.8, 4) is 5.75 Å². The Kier molecular flexibility index (Phi) is 4.68. The minimum Gasteiger partial charge on any atom is -0.481 e. The first kappa shape index (κ1) is 14.5. The highest BCUT2D eigenvalue weighted by molar-refractivity contribution is 7.09. The summed E-state index contributed by atoms with van der Waals surface area (Å²) in [6.07, 6.45) is -0.653. The van der Waals surface area contributed by atoms with Gasteiger partial charge in [0.2, 0.25) is 0 Å². The van der Waals surface area contributed by atoms with E-state index >= 15 is 0 Å². The first-order chi connectivity index (χ1) is 9.54. The Balaban J connectivity index is 1.84. The number of ether oxygens (including phenoxy) is 1. The van der Waals surface area contributed by atoms with Crippen LogP contribution in [0.15, 0.2) is 29.6 Å². The Labute approximate surface area is 120 Å². The van der Waals surface area contributed by atoms with Crippen LogP contribution < -0.4 is 10.1 Å². The van der Waals surface area contributed by atoms with Gasteiger partial charge in [-0.3, -0.25) is 4.79 Å². The van der Waals surface area contributed by atoms with Gasteiger partial charge in [0, 0.05) is 5.38 Å². The molecular formula is C14H15FN2O2S. The van der Waals surface area contributed by atoms with E-state index in [-0.39, 0.29) is 11.7 Å². The van der Waals surface area contributed by atoms with E-state index in [1.807, 2.05) is 12.3 Å². The molecule has 0 spiro atoms. The normalized spacial score (nSPS) is 11.9. The van der Waals surface area contributed by atoms with Gasteiger partial charge in [-0.25, -0.2) is 9.37 Å². The number of halogens is 1. The molecule has 4 nitrogen and oxygen atoms in total. The van der Waals surface area contributed by atoms with Crippen molar-refractivity contribution < 1.29 is 13.9 Å². The Morgan fingerprint density at radius 1 is 1.45 bits per heavy atom. The number of thiazole rings is 1. The van der Waals surface area contributed by atoms with Crippen LogP contribution in [0.25, 0.3) is 0 Å². The van der Waals surface area contributed by atoms with Crippen LogP contribution >= 0.6 is 11.3 Å². The van der Waals surface area contributed by atoms with Gasteiger partial charge >= 0.3 is 0 Å². The lowest BCUT2D eigenvalue weighted by molar-refractivity contribution is -0.127. The molecule has 1 aromatic heterocycles. The molecule has 0 aliphatic heterocycles. The molecule has 1 amide bonds. The van der Waals surface area contributed by atoms with Crippen molar-refractivity contribution in [3.63, 3.8) is 0 Å². The molecular weight excluding hydrogens is 279 g/mol. The van der Waals surface area contributed by atoms with E-state index in [1.54, 1.807) is 6.92 Å². The number of aryl methyl sites for hydroxylation is 1. The Morgan fingerprint density at radius 3 is 2.75 bits per heavy atom. The zero-order chi connectivity index (χ0) is 14.5. The van der Waals surface area contributed by atoms with Gasteiger partial charge in [-0.15, -0.1) is 11.3 Å². The molecule has 0 saturated carbocycles. The predicted molar refractivity (Wildman–Crippen MR) is 75.2 cm³/mol. The van der Waals surface area contributed by atoms with Crippen LogP contribution in [0.3, 0.4) is 0 Å². The summed E-state index contributed by atoms with van der Waals surface area (Å²) in [6, 6.07) is 5.56. The fourth-order valence-corrected chi connectivity index (χ4v) is 2.19. The molecule has 1 unspecified atom stereocenters. The summed E-state index contributed by atoms with van der Waals surface area (Å²) in [5.41, 5.74) is 0.829. The molecule has 1 N–H and O–H groups in total. The third kappa shape index (κ3) is 4.03. The van der Waals surface area contributed by atoms with Crippen LogP contribution in [-0.2, 0) is 11.3 Å². The highest BCUT2D eigenvalue weighted by Crippen LogP contribution is 2.13. The Bertz CT molecular complexity index is 583. The summed E-state index contributed by atoms with van der Waals surface area (Å²) < 4.78 is 18.2. The zero-order valence-electron chi connectivity index (χ0n) is 11.2. The Morgan fingerprint density at radius 2 is 2.15 bits per heavy atom. The van der Waals surface area contributed by atoms with Gasteiger partial charge in [-0.1, -0.05) is 0 Å². The number of hydrogen-bond acceptors (Lipinski definition) is 4. The summed E-state index contributed by atoms with van der Waals surface area (Å²) in [5.74, 6) is -0.119. The molecule has 0 fully saturated rings. The number of nitrogens with one attached hydrogen (secondary N) is 1. The third-order valence-corrected chi connectivity index (χ3v) is 3.43. The number of aromatic nitrogens is 1. The van der Waals surface area contributed by atoms with Gasteiger partial charge in [0.25, 0.3) is 5.91 Å². The predicted octanol–water partition coefficient (Wildman–Crippen LogP) is 2.67. The van der Waals surface area contributed by atoms with E-state index in [2.05, 4.69) is 10.3 Å². The molecule has 2 aromatic rings. The fourth-order valence-electron chi connectivity index (χ4n) is 1.58. The molecule has 1 atom stereocenters. The van der Waals surface area contributed by atoms with Crippen LogP contribution in [0.5, 0.6) is 5.75 Å². The van der Waals surface area contributed by atoms with Gasteiger partial charge in [0.05, 0.1) is 17.2 Å². The maximum absolute atomic E-state index is 12.8. The molecule has 0 saturated heterocycles. The van der Waals surface area contributed by atoms with Crippen LogP contribution in [0, 0.1) is 12.7 Å². The Hall–Kier alpha value is -1.95. The second-order valence-corrected chi connectivity index (χ2v) is 5.35. The summed E-state index contributed by atoms with van der Waals surface area (Å²) in [7, 11) is 0. The maximum Gasteiger partial charge on any atom is 0.261 e. The number of amides is 1. The standard InChI is InChI=1S/C14H15FN2O2S/c1-9(19-13-5-3-11(15)4-6-13)14(18)16-7-12-8-20-10(2)17-12/h3-6,8-9H,7H2,1-2H3,(H,16,18). The largest absolute Gasteiger partial charge is 0.481 e. The molecule has 106 valence electrons. The van der Waals surface area contributed by atoms with Crippen molar-refractivity contribution >= 4 is 17.2 Å². The lowest BCUT2D eigenvalue weighted by Crippen LogP contribution is -2.35. The lowest BCUT2D eigenvalue weighted by atomic mass is 10.3. The monoisotopic (exact) mass is 294 g/mol. The zero-order valence-corrected chi connectivity index (χ0v) is 12.0. The van der Waals surface area contributed by atoms with E-state index in [4.69, 9.17) is 4.74 Å². The quantitative estimate of drug-likeness (QED) is 0.922. The van der Waals surface area contributed by atoms with Crippen molar-refractivity contribution in [3.05, 3.63) is 46.2 Å². The second-order valence-electron chi connectivity index (χ2n) is 4.29. The lowest BCUT2D eigenvalue weighted by Gasteiger charge is -2.14. The summed E-state index contributed by atoms with van der Waals surface area (Å²) in [4.78, 5) is 16.1. The van der Waals surface area contributed by atoms with E-state index in [1.165, 1.54) is 35.6 Å². The van der Waals surface area contributed by atoms with Crippen LogP contribution in [0.1, 0.15) is 17.6 Å². The molecule has 6 heteroatoms. The van der Waals surface area contributed by atoms with Crippen molar-refractivity contribution in [2.75, 3.05) is 0 Å². The van der Waals surface area contributed by atoms with Gasteiger partial charge in [-0.2, -0.15) is 0 Å². The van der Waals surface area contributed by atoms with E-state index in [0.29, 0.717) is 12.3 Å². The first-order valence-corrected chi connectivity index (χ1v) is 7.03. The van der Waals surface area contributed by atoms with Crippen LogP contribution in [0.4, 0.5) is 4.39 Å². The van der Waals surface area contributed by atoms with Crippen molar-refractivity contribution in [1.82, 2.24) is 10.3 Å². The van der Waals surface area contributed by atoms with Crippen molar-refractivity contribution in [1.29, 1.82) is 0 Å². The van der Waals surface area contributed by atoms with E-state index in [0.717, 1.165) is 10.7 Å². The summed E-state index contributed by atoms with van der Waals surface area (Å²) in [6.45, 7) is 3.93. The molecule has 1 heterocycles. The summed E-state index contributed by atoms with van der Waals surface area (Å²) in [5, 5.41) is 5.62. The average molecular weight is 294 g/mol. The average Bonchev–Trinajstić information content (AvgIpc) is 2.84. The molecule has 0 bridgehead atoms. The smallest absolute Gasteiger partial charge is 0.261 e. The minimum absolute atomic E-state index is 0.236. The number of nitrogens with zero attached hydrogens (tertiary/aromatic N) is 1. The van der Waals surface area contributed by atoms with Gasteiger partial charge in [0.1, 0.15) is 11.6 Å². The number of carbonyl (C=O) groups is 1. The third-order valence-electron chi connectivity index (χ3n) is 2.61. The SMILES string of the molecule is Cc1nc(CNC(=O)C(C)Oc2ccc(F)cc2)cs1. The summed E-state index contributed by atoms with van der Waals surface area (Å²) >= 11 is 1.54. The molecule has 0 aliphatic carbocycles. The second kappa shape index (κ2) is 6.47. The molecule has 1 aromatic carbocycles. The van der Waals surface area contributed by atoms with Crippen molar-refractivity contribution in [2.45, 2.75) is 26.5 Å². The minimum atomic E-state index is -0.653. The number of carbonyl (C=O) groups excluding carboxylic acids is 1. The maximum atomic E-state index is 12.8. The highest BCUT2D eigenvalue weighted by atomic mass is 32.1. The number of rotatable bonds is 5. The van der Waals surface area contributed by atoms with Gasteiger partial charge in [-0.05, 0) is 38.1 Å². The van der Waals surface area contributed by atoms with Gasteiger partial charge in [0.15, 0.2) is 6.10 Å². The fraction of sp³-hybridized carbons (Fsp3) is 0.286. The molecule has 2 rings (SSSR count). The highest BCUT2D eigenvalue weighted by Gasteiger charge is 2.14.